The molecule has 1 unspecified atom stereocenters. The highest BCUT2D eigenvalue weighted by Crippen LogP contribution is 2.31. The summed E-state index contributed by atoms with van der Waals surface area (Å²) in [4.78, 5) is 10.6. The lowest BCUT2D eigenvalue weighted by atomic mass is 10.1. The monoisotopic (exact) mass is 326 g/mol. The molecule has 1 fully saturated rings. The minimum Gasteiger partial charge on any atom is -0.491 e. The van der Waals surface area contributed by atoms with Gasteiger partial charge in [0.15, 0.2) is 0 Å². The third-order valence-electron chi connectivity index (χ3n) is 2.89. The quantitative estimate of drug-likeness (QED) is 0.845. The van der Waals surface area contributed by atoms with Gasteiger partial charge in [0.05, 0.1) is 17.7 Å². The van der Waals surface area contributed by atoms with Gasteiger partial charge in [0.25, 0.3) is 0 Å². The van der Waals surface area contributed by atoms with Crippen LogP contribution in [0, 0.1) is 5.92 Å². The van der Waals surface area contributed by atoms with Gasteiger partial charge in [0, 0.05) is 24.2 Å². The zero-order valence-electron chi connectivity index (χ0n) is 10.3. The Balaban J connectivity index is 2.10. The first-order valence-electron chi connectivity index (χ1n) is 6.07. The van der Waals surface area contributed by atoms with Crippen molar-refractivity contribution in [2.24, 2.45) is 5.92 Å². The molecule has 2 rings (SSSR count). The molecule has 1 aromatic carbocycles. The fourth-order valence-electron chi connectivity index (χ4n) is 1.89. The van der Waals surface area contributed by atoms with E-state index in [1.807, 2.05) is 18.2 Å². The number of halogens is 1. The summed E-state index contributed by atoms with van der Waals surface area (Å²) in [7, 11) is 0. The van der Waals surface area contributed by atoms with Gasteiger partial charge in [-0.15, -0.1) is 0 Å². The molecule has 1 saturated heterocycles. The highest BCUT2D eigenvalue weighted by atomic mass is 79.9. The first-order valence-corrected chi connectivity index (χ1v) is 6.86. The molecule has 102 valence electrons. The minimum absolute atomic E-state index is 0.406. The summed E-state index contributed by atoms with van der Waals surface area (Å²) in [6, 6.07) is 5.54. The van der Waals surface area contributed by atoms with E-state index in [4.69, 9.17) is 14.6 Å². The molecule has 0 aromatic heterocycles. The molecule has 1 aromatic rings. The second-order valence-electron chi connectivity index (χ2n) is 4.37. The van der Waals surface area contributed by atoms with E-state index in [0.29, 0.717) is 18.3 Å². The van der Waals surface area contributed by atoms with Gasteiger partial charge in [-0.05, 0) is 34.5 Å². The summed E-state index contributed by atoms with van der Waals surface area (Å²) in [6.45, 7) is 2.09. The molecule has 19 heavy (non-hydrogen) atoms. The zero-order chi connectivity index (χ0) is 13.7. The molecule has 4 nitrogen and oxygen atoms in total. The molecule has 5 heteroatoms. The van der Waals surface area contributed by atoms with E-state index in [0.717, 1.165) is 35.7 Å². The molecule has 1 atom stereocenters. The van der Waals surface area contributed by atoms with E-state index in [-0.39, 0.29) is 0 Å². The van der Waals surface area contributed by atoms with Crippen molar-refractivity contribution in [3.05, 3.63) is 34.3 Å². The molecule has 1 aliphatic heterocycles. The first-order chi connectivity index (χ1) is 9.16. The van der Waals surface area contributed by atoms with Crippen LogP contribution in [0.15, 0.2) is 28.7 Å². The first kappa shape index (κ1) is 14.1. The van der Waals surface area contributed by atoms with Crippen molar-refractivity contribution in [3.63, 3.8) is 0 Å². The van der Waals surface area contributed by atoms with E-state index >= 15 is 0 Å². The number of hydrogen-bond donors (Lipinski definition) is 1. The van der Waals surface area contributed by atoms with E-state index in [2.05, 4.69) is 15.9 Å². The summed E-state index contributed by atoms with van der Waals surface area (Å²) < 4.78 is 11.9. The van der Waals surface area contributed by atoms with Crippen LogP contribution in [0.5, 0.6) is 5.75 Å². The Bertz CT molecular complexity index is 478. The van der Waals surface area contributed by atoms with Gasteiger partial charge < -0.3 is 14.6 Å². The van der Waals surface area contributed by atoms with Gasteiger partial charge in [0.1, 0.15) is 5.75 Å². The van der Waals surface area contributed by atoms with Gasteiger partial charge in [-0.2, -0.15) is 0 Å². The van der Waals surface area contributed by atoms with E-state index in [1.54, 1.807) is 0 Å². The van der Waals surface area contributed by atoms with Gasteiger partial charge >= 0.3 is 5.97 Å². The second-order valence-corrected chi connectivity index (χ2v) is 5.22. The van der Waals surface area contributed by atoms with Crippen LogP contribution in [0.1, 0.15) is 12.0 Å². The van der Waals surface area contributed by atoms with Crippen molar-refractivity contribution in [1.82, 2.24) is 0 Å². The Labute approximate surface area is 120 Å². The smallest absolute Gasteiger partial charge is 0.328 e. The van der Waals surface area contributed by atoms with Crippen LogP contribution in [0.3, 0.4) is 0 Å². The van der Waals surface area contributed by atoms with Crippen molar-refractivity contribution in [1.29, 1.82) is 0 Å². The Morgan fingerprint density at radius 2 is 2.42 bits per heavy atom. The van der Waals surface area contributed by atoms with Crippen LogP contribution in [0.25, 0.3) is 6.08 Å². The Morgan fingerprint density at radius 3 is 3.11 bits per heavy atom. The SMILES string of the molecule is O=C(O)C=Cc1cccc(Br)c1OCC1CCOC1. The Morgan fingerprint density at radius 1 is 1.58 bits per heavy atom. The van der Waals surface area contributed by atoms with Gasteiger partial charge in [-0.1, -0.05) is 12.1 Å². The summed E-state index contributed by atoms with van der Waals surface area (Å²) in [5.41, 5.74) is 0.746. The topological polar surface area (TPSA) is 55.8 Å². The van der Waals surface area contributed by atoms with Crippen LogP contribution in [-0.2, 0) is 9.53 Å². The van der Waals surface area contributed by atoms with Crippen LogP contribution in [0.4, 0.5) is 0 Å². The molecular weight excluding hydrogens is 312 g/mol. The molecule has 0 spiro atoms. The highest BCUT2D eigenvalue weighted by molar-refractivity contribution is 9.10. The summed E-state index contributed by atoms with van der Waals surface area (Å²) in [5, 5.41) is 8.68. The maximum absolute atomic E-state index is 10.6. The van der Waals surface area contributed by atoms with Gasteiger partial charge in [-0.25, -0.2) is 4.79 Å². The predicted octanol–water partition coefficient (Wildman–Crippen LogP) is 2.96. The third kappa shape index (κ3) is 4.08. The Kier molecular flexibility index (Phi) is 4.99. The maximum Gasteiger partial charge on any atom is 0.328 e. The summed E-state index contributed by atoms with van der Waals surface area (Å²) in [6.07, 6.45) is 3.64. The van der Waals surface area contributed by atoms with Crippen molar-refractivity contribution >= 4 is 28.0 Å². The van der Waals surface area contributed by atoms with E-state index in [1.165, 1.54) is 6.08 Å². The van der Waals surface area contributed by atoms with Crippen LogP contribution >= 0.6 is 15.9 Å². The number of carbonyl (C=O) groups is 1. The number of carboxylic acid groups (broad SMARTS) is 1. The second kappa shape index (κ2) is 6.73. The number of rotatable bonds is 5. The maximum atomic E-state index is 10.6. The van der Waals surface area contributed by atoms with Crippen LogP contribution in [0.2, 0.25) is 0 Å². The Hall–Kier alpha value is -1.33. The number of aliphatic carboxylic acids is 1. The number of hydrogen-bond acceptors (Lipinski definition) is 3. The molecule has 0 radical (unpaired) electrons. The van der Waals surface area contributed by atoms with Crippen LogP contribution < -0.4 is 4.74 Å². The number of para-hydroxylation sites is 1. The minimum atomic E-state index is -0.977. The number of benzene rings is 1. The summed E-state index contributed by atoms with van der Waals surface area (Å²) in [5.74, 6) is 0.102. The third-order valence-corrected chi connectivity index (χ3v) is 3.51. The summed E-state index contributed by atoms with van der Waals surface area (Å²) >= 11 is 3.43. The van der Waals surface area contributed by atoms with Crippen molar-refractivity contribution in [2.45, 2.75) is 6.42 Å². The molecule has 1 heterocycles. The van der Waals surface area contributed by atoms with E-state index < -0.39 is 5.97 Å². The zero-order valence-corrected chi connectivity index (χ0v) is 11.9. The van der Waals surface area contributed by atoms with Crippen molar-refractivity contribution in [2.75, 3.05) is 19.8 Å². The van der Waals surface area contributed by atoms with Crippen molar-refractivity contribution in [3.8, 4) is 5.75 Å². The molecule has 0 aliphatic carbocycles. The number of ether oxygens (including phenoxy) is 2. The van der Waals surface area contributed by atoms with Gasteiger partial charge in [-0.3, -0.25) is 0 Å². The molecule has 1 aliphatic rings. The fourth-order valence-corrected chi connectivity index (χ4v) is 2.38. The molecule has 0 amide bonds. The molecular formula is C14H15BrO4. The highest BCUT2D eigenvalue weighted by Gasteiger charge is 2.17. The molecule has 1 N–H and O–H groups in total. The lowest BCUT2D eigenvalue weighted by Crippen LogP contribution is -2.12. The normalized spacial score (nSPS) is 18.9. The lowest BCUT2D eigenvalue weighted by Gasteiger charge is -2.14. The average Bonchev–Trinajstić information content (AvgIpc) is 2.88. The number of carboxylic acids is 1. The van der Waals surface area contributed by atoms with Gasteiger partial charge in [0.2, 0.25) is 0 Å². The lowest BCUT2D eigenvalue weighted by molar-refractivity contribution is -0.131. The fraction of sp³-hybridized carbons (Fsp3) is 0.357. The largest absolute Gasteiger partial charge is 0.491 e. The standard InChI is InChI=1S/C14H15BrO4/c15-12-3-1-2-11(4-5-13(16)17)14(12)19-9-10-6-7-18-8-10/h1-5,10H,6-9H2,(H,16,17). The predicted molar refractivity (Wildman–Crippen MR) is 75.2 cm³/mol. The molecule has 0 bridgehead atoms. The molecule has 0 saturated carbocycles. The average molecular weight is 327 g/mol. The van der Waals surface area contributed by atoms with Crippen LogP contribution in [-0.4, -0.2) is 30.9 Å². The van der Waals surface area contributed by atoms with E-state index in [9.17, 15) is 4.79 Å². The van der Waals surface area contributed by atoms with Crippen molar-refractivity contribution < 1.29 is 19.4 Å².